The maximum absolute atomic E-state index is 12.4. The zero-order valence-electron chi connectivity index (χ0n) is 15.3. The second-order valence-electron chi connectivity index (χ2n) is 6.78. The monoisotopic (exact) mass is 390 g/mol. The van der Waals surface area contributed by atoms with Gasteiger partial charge in [-0.2, -0.15) is 0 Å². The van der Waals surface area contributed by atoms with Gasteiger partial charge in [0.15, 0.2) is 12.4 Å². The fourth-order valence-corrected chi connectivity index (χ4v) is 4.72. The van der Waals surface area contributed by atoms with Gasteiger partial charge in [0.05, 0.1) is 4.87 Å². The summed E-state index contributed by atoms with van der Waals surface area (Å²) in [6.45, 7) is 3.34. The highest BCUT2D eigenvalue weighted by molar-refractivity contribution is 8.01. The van der Waals surface area contributed by atoms with Crippen LogP contribution in [0, 0.1) is 0 Å². The number of hydrogen-bond acceptors (Lipinski definition) is 6. The van der Waals surface area contributed by atoms with Crippen molar-refractivity contribution in [3.05, 3.63) is 29.8 Å². The first-order valence-corrected chi connectivity index (χ1v) is 9.88. The molecule has 2 aliphatic heterocycles. The van der Waals surface area contributed by atoms with Crippen LogP contribution in [-0.4, -0.2) is 51.7 Å². The maximum Gasteiger partial charge on any atom is 0.330 e. The fraction of sp³-hybridized carbons (Fsp3) is 0.474. The first-order valence-electron chi connectivity index (χ1n) is 8.90. The van der Waals surface area contributed by atoms with Gasteiger partial charge in [-0.3, -0.25) is 14.4 Å². The molecule has 0 bridgehead atoms. The third-order valence-corrected chi connectivity index (χ3v) is 6.38. The molecule has 2 amide bonds. The molecule has 27 heavy (non-hydrogen) atoms. The zero-order valence-corrected chi connectivity index (χ0v) is 16.1. The molecule has 8 heteroatoms. The molecular formula is C19H22N2O5S. The summed E-state index contributed by atoms with van der Waals surface area (Å²) < 4.78 is 5.19. The Balaban J connectivity index is 1.55. The summed E-state index contributed by atoms with van der Waals surface area (Å²) in [7, 11) is 0. The lowest BCUT2D eigenvalue weighted by atomic mass is 10.1. The summed E-state index contributed by atoms with van der Waals surface area (Å²) >= 11 is 1.58. The Kier molecular flexibility index (Phi) is 5.55. The van der Waals surface area contributed by atoms with E-state index >= 15 is 0 Å². The quantitative estimate of drug-likeness (QED) is 0.591. The van der Waals surface area contributed by atoms with Crippen LogP contribution in [0.15, 0.2) is 24.3 Å². The van der Waals surface area contributed by atoms with Gasteiger partial charge in [-0.05, 0) is 37.6 Å². The molecule has 0 aliphatic carbocycles. The molecule has 0 unspecified atom stereocenters. The number of thioether (sulfide) groups is 1. The van der Waals surface area contributed by atoms with E-state index in [4.69, 9.17) is 4.74 Å². The number of amides is 2. The average molecular weight is 390 g/mol. The predicted molar refractivity (Wildman–Crippen MR) is 101 cm³/mol. The van der Waals surface area contributed by atoms with Gasteiger partial charge in [-0.15, -0.1) is 11.8 Å². The van der Waals surface area contributed by atoms with Gasteiger partial charge in [-0.25, -0.2) is 4.79 Å². The smallest absolute Gasteiger partial charge is 0.330 e. The molecule has 2 fully saturated rings. The van der Waals surface area contributed by atoms with Crippen molar-refractivity contribution >= 4 is 41.0 Å². The van der Waals surface area contributed by atoms with Gasteiger partial charge in [0.2, 0.25) is 11.8 Å². The summed E-state index contributed by atoms with van der Waals surface area (Å²) in [5.74, 6) is -0.540. The highest BCUT2D eigenvalue weighted by Gasteiger charge is 2.53. The molecule has 1 aromatic rings. The number of carbonyl (C=O) groups excluding carboxylic acids is 4. The van der Waals surface area contributed by atoms with Crippen molar-refractivity contribution < 1.29 is 23.9 Å². The normalized spacial score (nSPS) is 23.9. The number of rotatable bonds is 6. The Morgan fingerprint density at radius 1 is 1.30 bits per heavy atom. The number of nitrogens with one attached hydrogen (secondary N) is 1. The van der Waals surface area contributed by atoms with Crippen LogP contribution >= 0.6 is 11.8 Å². The maximum atomic E-state index is 12.4. The molecule has 7 nitrogen and oxygen atoms in total. The van der Waals surface area contributed by atoms with E-state index < -0.39 is 12.0 Å². The molecule has 2 atom stereocenters. The number of anilines is 1. The Hall–Kier alpha value is -2.35. The van der Waals surface area contributed by atoms with Crippen molar-refractivity contribution in [2.24, 2.45) is 0 Å². The molecule has 3 rings (SSSR count). The number of nitrogens with zero attached hydrogens (tertiary/aromatic N) is 1. The van der Waals surface area contributed by atoms with Crippen LogP contribution in [0.5, 0.6) is 0 Å². The van der Waals surface area contributed by atoms with Crippen molar-refractivity contribution in [2.45, 2.75) is 44.0 Å². The van der Waals surface area contributed by atoms with Crippen LogP contribution in [0.2, 0.25) is 0 Å². The van der Waals surface area contributed by atoms with Crippen LogP contribution in [0.3, 0.4) is 0 Å². The summed E-state index contributed by atoms with van der Waals surface area (Å²) in [6.07, 6.45) is 1.53. The lowest BCUT2D eigenvalue weighted by Gasteiger charge is -2.29. The SMILES string of the molecule is CCC(=O)Nc1ccc(C(=O)COC(=O)[C@@H]2CS[C@]3(C)CCC(=O)N23)cc1. The van der Waals surface area contributed by atoms with Gasteiger partial charge in [-0.1, -0.05) is 6.92 Å². The lowest BCUT2D eigenvalue weighted by Crippen LogP contribution is -2.46. The molecule has 2 saturated heterocycles. The molecule has 0 spiro atoms. The number of hydrogen-bond donors (Lipinski definition) is 1. The number of ketones is 1. The van der Waals surface area contributed by atoms with E-state index in [-0.39, 0.29) is 29.1 Å². The van der Waals surface area contributed by atoms with Crippen molar-refractivity contribution in [3.8, 4) is 0 Å². The number of benzene rings is 1. The number of carbonyl (C=O) groups is 4. The van der Waals surface area contributed by atoms with E-state index in [0.29, 0.717) is 29.8 Å². The number of esters is 1. The van der Waals surface area contributed by atoms with Gasteiger partial charge in [0, 0.05) is 29.8 Å². The lowest BCUT2D eigenvalue weighted by molar-refractivity contribution is -0.152. The second-order valence-corrected chi connectivity index (χ2v) is 8.28. The summed E-state index contributed by atoms with van der Waals surface area (Å²) in [4.78, 5) is 49.3. The zero-order chi connectivity index (χ0) is 19.6. The topological polar surface area (TPSA) is 92.8 Å². The summed E-state index contributed by atoms with van der Waals surface area (Å²) in [5.41, 5.74) is 0.991. The standard InChI is InChI=1S/C19H22N2O5S/c1-3-16(23)20-13-6-4-12(5-7-13)15(22)10-26-18(25)14-11-27-19(2)9-8-17(24)21(14)19/h4-7,14H,3,8-11H2,1-2H3,(H,20,23)/t14-,19+/m0/s1. The van der Waals surface area contributed by atoms with Crippen molar-refractivity contribution in [2.75, 3.05) is 17.7 Å². The fourth-order valence-electron chi connectivity index (χ4n) is 3.30. The minimum atomic E-state index is -0.630. The van der Waals surface area contributed by atoms with Crippen LogP contribution in [0.1, 0.15) is 43.5 Å². The highest BCUT2D eigenvalue weighted by atomic mass is 32.2. The van der Waals surface area contributed by atoms with E-state index in [1.165, 1.54) is 0 Å². The molecule has 2 aliphatic rings. The van der Waals surface area contributed by atoms with Crippen molar-refractivity contribution in [1.29, 1.82) is 0 Å². The average Bonchev–Trinajstić information content (AvgIpc) is 3.16. The Bertz CT molecular complexity index is 779. The van der Waals surface area contributed by atoms with Gasteiger partial charge in [0.1, 0.15) is 6.04 Å². The van der Waals surface area contributed by atoms with E-state index in [0.717, 1.165) is 6.42 Å². The third-order valence-electron chi connectivity index (χ3n) is 4.87. The van der Waals surface area contributed by atoms with Gasteiger partial charge in [0.25, 0.3) is 0 Å². The van der Waals surface area contributed by atoms with Gasteiger partial charge < -0.3 is 15.0 Å². The Morgan fingerprint density at radius 2 is 2.00 bits per heavy atom. The number of Topliss-reactive ketones (excluding diaryl/α,β-unsaturated/α-hetero) is 1. The summed E-state index contributed by atoms with van der Waals surface area (Å²) in [5, 5.41) is 2.70. The predicted octanol–water partition coefficient (Wildman–Crippen LogP) is 2.21. The second kappa shape index (κ2) is 7.72. The van der Waals surface area contributed by atoms with E-state index in [2.05, 4.69) is 5.32 Å². The molecule has 0 saturated carbocycles. The van der Waals surface area contributed by atoms with Crippen LogP contribution < -0.4 is 5.32 Å². The third kappa shape index (κ3) is 4.00. The van der Waals surface area contributed by atoms with E-state index in [1.54, 1.807) is 47.9 Å². The van der Waals surface area contributed by atoms with Gasteiger partial charge >= 0.3 is 5.97 Å². The molecule has 0 radical (unpaired) electrons. The van der Waals surface area contributed by atoms with Crippen LogP contribution in [-0.2, 0) is 19.1 Å². The minimum Gasteiger partial charge on any atom is -0.456 e. The number of fused-ring (bicyclic) bond motifs is 1. The van der Waals surface area contributed by atoms with E-state index in [1.807, 2.05) is 6.92 Å². The molecular weight excluding hydrogens is 368 g/mol. The van der Waals surface area contributed by atoms with Crippen LogP contribution in [0.25, 0.3) is 0 Å². The molecule has 0 aromatic heterocycles. The summed E-state index contributed by atoms with van der Waals surface area (Å²) in [6, 6.07) is 5.78. The van der Waals surface area contributed by atoms with Crippen LogP contribution in [0.4, 0.5) is 5.69 Å². The first kappa shape index (κ1) is 19.4. The first-order chi connectivity index (χ1) is 12.8. The highest BCUT2D eigenvalue weighted by Crippen LogP contribution is 2.47. The molecule has 144 valence electrons. The molecule has 1 N–H and O–H groups in total. The molecule has 2 heterocycles. The Morgan fingerprint density at radius 3 is 2.67 bits per heavy atom. The number of ether oxygens (including phenoxy) is 1. The van der Waals surface area contributed by atoms with Crippen molar-refractivity contribution in [3.63, 3.8) is 0 Å². The molecule has 1 aromatic carbocycles. The minimum absolute atomic E-state index is 0.0412. The largest absolute Gasteiger partial charge is 0.456 e. The Labute approximate surface area is 161 Å². The van der Waals surface area contributed by atoms with E-state index in [9.17, 15) is 19.2 Å². The van der Waals surface area contributed by atoms with Crippen molar-refractivity contribution in [1.82, 2.24) is 4.90 Å².